The summed E-state index contributed by atoms with van der Waals surface area (Å²) in [7, 11) is 0. The van der Waals surface area contributed by atoms with E-state index < -0.39 is 0 Å². The maximum absolute atomic E-state index is 12.3. The van der Waals surface area contributed by atoms with Gasteiger partial charge in [-0.15, -0.1) is 0 Å². The summed E-state index contributed by atoms with van der Waals surface area (Å²) in [6, 6.07) is 0.919. The Bertz CT molecular complexity index is 294. The molecule has 1 N–H and O–H groups in total. The van der Waals surface area contributed by atoms with Crippen molar-refractivity contribution in [1.29, 1.82) is 0 Å². The van der Waals surface area contributed by atoms with Crippen LogP contribution in [0.4, 0.5) is 0 Å². The monoisotopic (exact) mass is 252 g/mol. The van der Waals surface area contributed by atoms with Crippen molar-refractivity contribution in [3.8, 4) is 0 Å². The van der Waals surface area contributed by atoms with Gasteiger partial charge in [0.05, 0.1) is 5.92 Å². The maximum Gasteiger partial charge on any atom is 0.224 e. The van der Waals surface area contributed by atoms with Gasteiger partial charge in [0.2, 0.25) is 5.91 Å². The van der Waals surface area contributed by atoms with E-state index >= 15 is 0 Å². The Labute approximate surface area is 111 Å². The zero-order chi connectivity index (χ0) is 13.3. The molecule has 0 spiro atoms. The molecule has 0 aliphatic carbocycles. The number of nitrogens with one attached hydrogen (secondary N) is 1. The van der Waals surface area contributed by atoms with Crippen LogP contribution in [0.1, 0.15) is 53.4 Å². The fourth-order valence-corrected chi connectivity index (χ4v) is 2.99. The molecule has 104 valence electrons. The van der Waals surface area contributed by atoms with Gasteiger partial charge in [0, 0.05) is 18.6 Å². The Morgan fingerprint density at radius 1 is 1.33 bits per heavy atom. The number of rotatable bonds is 2. The first-order valence-corrected chi connectivity index (χ1v) is 7.42. The topological polar surface area (TPSA) is 32.3 Å². The zero-order valence-electron chi connectivity index (χ0n) is 12.3. The van der Waals surface area contributed by atoms with Crippen molar-refractivity contribution in [1.82, 2.24) is 10.2 Å². The van der Waals surface area contributed by atoms with Gasteiger partial charge in [0.25, 0.3) is 0 Å². The fourth-order valence-electron chi connectivity index (χ4n) is 2.99. The number of carbonyl (C=O) groups is 1. The largest absolute Gasteiger partial charge is 0.353 e. The first-order chi connectivity index (χ1) is 8.38. The van der Waals surface area contributed by atoms with Crippen molar-refractivity contribution in [2.75, 3.05) is 13.1 Å². The van der Waals surface area contributed by atoms with Crippen LogP contribution >= 0.6 is 0 Å². The van der Waals surface area contributed by atoms with Crippen LogP contribution < -0.4 is 5.32 Å². The number of amides is 1. The lowest BCUT2D eigenvalue weighted by Gasteiger charge is -2.29. The molecule has 0 aromatic heterocycles. The van der Waals surface area contributed by atoms with Crippen molar-refractivity contribution in [3.63, 3.8) is 0 Å². The molecular formula is C15H28N2O. The summed E-state index contributed by atoms with van der Waals surface area (Å²) >= 11 is 0. The average Bonchev–Trinajstić information content (AvgIpc) is 2.71. The van der Waals surface area contributed by atoms with E-state index in [0.29, 0.717) is 6.04 Å². The quantitative estimate of drug-likeness (QED) is 0.818. The summed E-state index contributed by atoms with van der Waals surface area (Å²) < 4.78 is 0. The van der Waals surface area contributed by atoms with E-state index in [4.69, 9.17) is 0 Å². The van der Waals surface area contributed by atoms with Gasteiger partial charge in [-0.05, 0) is 38.1 Å². The highest BCUT2D eigenvalue weighted by Gasteiger charge is 2.37. The molecule has 2 fully saturated rings. The molecule has 3 heteroatoms. The molecule has 2 saturated heterocycles. The number of hydrogen-bond acceptors (Lipinski definition) is 2. The van der Waals surface area contributed by atoms with Crippen LogP contribution in [-0.4, -0.2) is 36.0 Å². The van der Waals surface area contributed by atoms with Crippen molar-refractivity contribution in [3.05, 3.63) is 0 Å². The van der Waals surface area contributed by atoms with Gasteiger partial charge >= 0.3 is 0 Å². The lowest BCUT2D eigenvalue weighted by Crippen LogP contribution is -2.44. The first-order valence-electron chi connectivity index (χ1n) is 7.42. The summed E-state index contributed by atoms with van der Waals surface area (Å²) in [6.45, 7) is 10.8. The average molecular weight is 252 g/mol. The van der Waals surface area contributed by atoms with E-state index in [9.17, 15) is 4.79 Å². The molecule has 3 nitrogen and oxygen atoms in total. The van der Waals surface area contributed by atoms with Crippen molar-refractivity contribution in [2.45, 2.75) is 65.5 Å². The molecule has 0 aromatic rings. The second-order valence-electron chi connectivity index (χ2n) is 7.17. The third-order valence-electron chi connectivity index (χ3n) is 4.79. The van der Waals surface area contributed by atoms with E-state index in [0.717, 1.165) is 13.0 Å². The van der Waals surface area contributed by atoms with Gasteiger partial charge in [-0.25, -0.2) is 0 Å². The van der Waals surface area contributed by atoms with Gasteiger partial charge in [0.1, 0.15) is 0 Å². The highest BCUT2D eigenvalue weighted by atomic mass is 16.2. The summed E-state index contributed by atoms with van der Waals surface area (Å²) in [5.74, 6) is 0.490. The second kappa shape index (κ2) is 5.20. The minimum atomic E-state index is 0.140. The molecule has 0 saturated carbocycles. The van der Waals surface area contributed by atoms with Gasteiger partial charge < -0.3 is 5.32 Å². The predicted molar refractivity (Wildman–Crippen MR) is 74.4 cm³/mol. The number of fused-ring (bicyclic) bond motifs is 1. The SMILES string of the molecule is C[C@H](NC(=O)[C@@H]1C[C@@H]2CCCCN2C1)C(C)(C)C. The highest BCUT2D eigenvalue weighted by molar-refractivity contribution is 5.79. The number of piperidine rings is 1. The Kier molecular flexibility index (Phi) is 4.00. The van der Waals surface area contributed by atoms with Gasteiger partial charge in [-0.2, -0.15) is 0 Å². The third kappa shape index (κ3) is 3.05. The minimum Gasteiger partial charge on any atom is -0.353 e. The molecule has 0 radical (unpaired) electrons. The Morgan fingerprint density at radius 3 is 2.67 bits per heavy atom. The molecule has 0 unspecified atom stereocenters. The van der Waals surface area contributed by atoms with Gasteiger partial charge in [-0.3, -0.25) is 9.69 Å². The van der Waals surface area contributed by atoms with Crippen LogP contribution in [0.3, 0.4) is 0 Å². The van der Waals surface area contributed by atoms with Crippen LogP contribution in [0.5, 0.6) is 0 Å². The molecular weight excluding hydrogens is 224 g/mol. The molecule has 2 rings (SSSR count). The second-order valence-corrected chi connectivity index (χ2v) is 7.17. The predicted octanol–water partition coefficient (Wildman–Crippen LogP) is 2.41. The van der Waals surface area contributed by atoms with Gasteiger partial charge in [-0.1, -0.05) is 27.2 Å². The maximum atomic E-state index is 12.3. The summed E-state index contributed by atoms with van der Waals surface area (Å²) in [5, 5.41) is 3.21. The van der Waals surface area contributed by atoms with Crippen LogP contribution in [0, 0.1) is 11.3 Å². The first kappa shape index (κ1) is 13.9. The normalized spacial score (nSPS) is 30.9. The van der Waals surface area contributed by atoms with E-state index in [1.165, 1.54) is 25.8 Å². The molecule has 2 aliphatic rings. The molecule has 2 aliphatic heterocycles. The fraction of sp³-hybridized carbons (Fsp3) is 0.933. The van der Waals surface area contributed by atoms with Crippen molar-refractivity contribution < 1.29 is 4.79 Å². The number of nitrogens with zero attached hydrogens (tertiary/aromatic N) is 1. The van der Waals surface area contributed by atoms with E-state index in [-0.39, 0.29) is 23.3 Å². The van der Waals surface area contributed by atoms with Crippen LogP contribution in [0.25, 0.3) is 0 Å². The Morgan fingerprint density at radius 2 is 2.06 bits per heavy atom. The molecule has 1 amide bonds. The van der Waals surface area contributed by atoms with Crippen LogP contribution in [-0.2, 0) is 4.79 Å². The van der Waals surface area contributed by atoms with E-state index in [1.807, 2.05) is 0 Å². The van der Waals surface area contributed by atoms with Crippen molar-refractivity contribution in [2.24, 2.45) is 11.3 Å². The molecule has 0 aromatic carbocycles. The summed E-state index contributed by atoms with van der Waals surface area (Å²) in [4.78, 5) is 14.8. The molecule has 18 heavy (non-hydrogen) atoms. The number of carbonyl (C=O) groups excluding carboxylic acids is 1. The smallest absolute Gasteiger partial charge is 0.224 e. The summed E-state index contributed by atoms with van der Waals surface area (Å²) in [6.07, 6.45) is 5.01. The Hall–Kier alpha value is -0.570. The lowest BCUT2D eigenvalue weighted by atomic mass is 9.87. The van der Waals surface area contributed by atoms with E-state index in [1.54, 1.807) is 0 Å². The Balaban J connectivity index is 1.87. The molecule has 3 atom stereocenters. The minimum absolute atomic E-state index is 0.140. The summed E-state index contributed by atoms with van der Waals surface area (Å²) in [5.41, 5.74) is 0.140. The standard InChI is InChI=1S/C15H28N2O/c1-11(15(2,3)4)16-14(18)12-9-13-7-5-6-8-17(13)10-12/h11-13H,5-10H2,1-4H3,(H,16,18)/t11-,12+,13-/m0/s1. The van der Waals surface area contributed by atoms with Crippen LogP contribution in [0.2, 0.25) is 0 Å². The molecule has 2 heterocycles. The zero-order valence-corrected chi connectivity index (χ0v) is 12.3. The van der Waals surface area contributed by atoms with Crippen LogP contribution in [0.15, 0.2) is 0 Å². The highest BCUT2D eigenvalue weighted by Crippen LogP contribution is 2.31. The third-order valence-corrected chi connectivity index (χ3v) is 4.79. The molecule has 0 bridgehead atoms. The van der Waals surface area contributed by atoms with E-state index in [2.05, 4.69) is 37.9 Å². The number of hydrogen-bond donors (Lipinski definition) is 1. The lowest BCUT2D eigenvalue weighted by molar-refractivity contribution is -0.126. The van der Waals surface area contributed by atoms with Crippen molar-refractivity contribution >= 4 is 5.91 Å². The van der Waals surface area contributed by atoms with Gasteiger partial charge in [0.15, 0.2) is 0 Å².